The SMILES string of the molecule is Cc1cc(C)c(C)c(C#C[Si](C)(C)C)c1C. The summed E-state index contributed by atoms with van der Waals surface area (Å²) in [6.07, 6.45) is 0. The van der Waals surface area contributed by atoms with Crippen molar-refractivity contribution in [3.8, 4) is 11.5 Å². The van der Waals surface area contributed by atoms with Crippen molar-refractivity contribution >= 4 is 8.07 Å². The van der Waals surface area contributed by atoms with Crippen LogP contribution in [0.3, 0.4) is 0 Å². The van der Waals surface area contributed by atoms with Crippen LogP contribution in [0.15, 0.2) is 6.07 Å². The van der Waals surface area contributed by atoms with Crippen LogP contribution in [-0.2, 0) is 0 Å². The first-order valence-electron chi connectivity index (χ1n) is 5.83. The molecule has 0 spiro atoms. The van der Waals surface area contributed by atoms with Crippen molar-refractivity contribution in [2.24, 2.45) is 0 Å². The summed E-state index contributed by atoms with van der Waals surface area (Å²) in [5, 5.41) is 0. The third-order valence-corrected chi connectivity index (χ3v) is 3.80. The lowest BCUT2D eigenvalue weighted by molar-refractivity contribution is 1.22. The molecule has 0 aliphatic carbocycles. The molecule has 1 aromatic carbocycles. The highest BCUT2D eigenvalue weighted by atomic mass is 28.3. The molecule has 0 fully saturated rings. The summed E-state index contributed by atoms with van der Waals surface area (Å²) in [5.41, 5.74) is 10.1. The fourth-order valence-electron chi connectivity index (χ4n) is 1.65. The summed E-state index contributed by atoms with van der Waals surface area (Å²) >= 11 is 0. The Balaban J connectivity index is 3.38. The van der Waals surface area contributed by atoms with E-state index >= 15 is 0 Å². The highest BCUT2D eigenvalue weighted by Gasteiger charge is 2.10. The molecular weight excluding hydrogens is 208 g/mol. The van der Waals surface area contributed by atoms with Crippen LogP contribution >= 0.6 is 0 Å². The van der Waals surface area contributed by atoms with Crippen LogP contribution in [0.4, 0.5) is 0 Å². The van der Waals surface area contributed by atoms with Crippen molar-refractivity contribution < 1.29 is 0 Å². The van der Waals surface area contributed by atoms with Gasteiger partial charge < -0.3 is 0 Å². The monoisotopic (exact) mass is 230 g/mol. The second-order valence-corrected chi connectivity index (χ2v) is 10.4. The molecule has 0 radical (unpaired) electrons. The second-order valence-electron chi connectivity index (χ2n) is 5.64. The molecule has 0 heterocycles. The summed E-state index contributed by atoms with van der Waals surface area (Å²) in [4.78, 5) is 0. The van der Waals surface area contributed by atoms with Crippen LogP contribution in [0, 0.1) is 39.2 Å². The lowest BCUT2D eigenvalue weighted by Gasteiger charge is -2.11. The molecule has 16 heavy (non-hydrogen) atoms. The van der Waals surface area contributed by atoms with Gasteiger partial charge >= 0.3 is 0 Å². The Morgan fingerprint density at radius 2 is 1.31 bits per heavy atom. The summed E-state index contributed by atoms with van der Waals surface area (Å²) in [6.45, 7) is 15.5. The Morgan fingerprint density at radius 3 is 1.69 bits per heavy atom. The average molecular weight is 230 g/mol. The number of rotatable bonds is 0. The van der Waals surface area contributed by atoms with E-state index < -0.39 is 8.07 Å². The molecule has 0 atom stereocenters. The molecule has 0 saturated heterocycles. The second kappa shape index (κ2) is 4.47. The summed E-state index contributed by atoms with van der Waals surface area (Å²) in [7, 11) is -1.28. The molecule has 1 rings (SSSR count). The van der Waals surface area contributed by atoms with E-state index in [-0.39, 0.29) is 0 Å². The zero-order valence-corrected chi connectivity index (χ0v) is 12.6. The Morgan fingerprint density at radius 1 is 0.875 bits per heavy atom. The van der Waals surface area contributed by atoms with Crippen molar-refractivity contribution in [1.29, 1.82) is 0 Å². The molecule has 0 amide bonds. The zero-order valence-electron chi connectivity index (χ0n) is 11.6. The zero-order chi connectivity index (χ0) is 12.5. The summed E-state index contributed by atoms with van der Waals surface area (Å²) in [5.74, 6) is 3.41. The van der Waals surface area contributed by atoms with Crippen LogP contribution in [0.25, 0.3) is 0 Å². The fourth-order valence-corrected chi connectivity index (χ4v) is 2.15. The maximum Gasteiger partial charge on any atom is 0.129 e. The van der Waals surface area contributed by atoms with Gasteiger partial charge in [0.25, 0.3) is 0 Å². The molecule has 86 valence electrons. The highest BCUT2D eigenvalue weighted by molar-refractivity contribution is 6.83. The van der Waals surface area contributed by atoms with Gasteiger partial charge in [0.05, 0.1) is 0 Å². The van der Waals surface area contributed by atoms with E-state index in [0.717, 1.165) is 0 Å². The molecule has 0 saturated carbocycles. The Hall–Kier alpha value is -1.00. The molecule has 0 aliphatic heterocycles. The lowest BCUT2D eigenvalue weighted by atomic mass is 9.95. The molecule has 0 bridgehead atoms. The minimum Gasteiger partial charge on any atom is -0.127 e. The molecule has 1 aromatic rings. The summed E-state index contributed by atoms with van der Waals surface area (Å²) < 4.78 is 0. The van der Waals surface area contributed by atoms with E-state index in [1.165, 1.54) is 27.8 Å². The third kappa shape index (κ3) is 2.99. The van der Waals surface area contributed by atoms with Crippen LogP contribution in [-0.4, -0.2) is 8.07 Å². The van der Waals surface area contributed by atoms with Crippen LogP contribution < -0.4 is 0 Å². The van der Waals surface area contributed by atoms with Gasteiger partial charge in [-0.05, 0) is 49.9 Å². The first-order valence-corrected chi connectivity index (χ1v) is 9.33. The largest absolute Gasteiger partial charge is 0.129 e. The predicted octanol–water partition coefficient (Wildman–Crippen LogP) is 4.15. The van der Waals surface area contributed by atoms with Gasteiger partial charge in [0.2, 0.25) is 0 Å². The van der Waals surface area contributed by atoms with Crippen LogP contribution in [0.1, 0.15) is 27.8 Å². The predicted molar refractivity (Wildman–Crippen MR) is 75.6 cm³/mol. The van der Waals surface area contributed by atoms with Crippen molar-refractivity contribution in [3.63, 3.8) is 0 Å². The van der Waals surface area contributed by atoms with E-state index in [4.69, 9.17) is 0 Å². The first kappa shape index (κ1) is 13.1. The molecule has 0 N–H and O–H groups in total. The van der Waals surface area contributed by atoms with Gasteiger partial charge in [0.15, 0.2) is 0 Å². The van der Waals surface area contributed by atoms with Gasteiger partial charge in [0.1, 0.15) is 8.07 Å². The number of benzene rings is 1. The Labute approximate surface area is 101 Å². The minimum absolute atomic E-state index is 1.25. The van der Waals surface area contributed by atoms with E-state index in [1.54, 1.807) is 0 Å². The standard InChI is InChI=1S/C15H22Si/c1-11-10-12(2)14(4)15(13(11)3)8-9-16(5,6)7/h10H,1-7H3. The number of hydrogen-bond donors (Lipinski definition) is 0. The minimum atomic E-state index is -1.28. The van der Waals surface area contributed by atoms with Gasteiger partial charge in [-0.25, -0.2) is 0 Å². The molecule has 0 nitrogen and oxygen atoms in total. The summed E-state index contributed by atoms with van der Waals surface area (Å²) in [6, 6.07) is 2.25. The third-order valence-electron chi connectivity index (χ3n) is 2.93. The van der Waals surface area contributed by atoms with E-state index in [2.05, 4.69) is 64.9 Å². The van der Waals surface area contributed by atoms with Gasteiger partial charge in [-0.3, -0.25) is 0 Å². The van der Waals surface area contributed by atoms with Crippen molar-refractivity contribution in [2.45, 2.75) is 47.3 Å². The average Bonchev–Trinajstić information content (AvgIpc) is 2.13. The number of hydrogen-bond acceptors (Lipinski definition) is 0. The quantitative estimate of drug-likeness (QED) is 0.464. The normalized spacial score (nSPS) is 10.9. The maximum absolute atomic E-state index is 3.46. The van der Waals surface area contributed by atoms with Gasteiger partial charge in [-0.2, -0.15) is 0 Å². The number of aryl methyl sites for hydroxylation is 2. The fraction of sp³-hybridized carbons (Fsp3) is 0.467. The maximum atomic E-state index is 3.46. The van der Waals surface area contributed by atoms with E-state index in [0.29, 0.717) is 0 Å². The molecule has 0 unspecified atom stereocenters. The first-order chi connectivity index (χ1) is 7.22. The molecule has 0 aromatic heterocycles. The highest BCUT2D eigenvalue weighted by Crippen LogP contribution is 2.20. The van der Waals surface area contributed by atoms with E-state index in [9.17, 15) is 0 Å². The topological polar surface area (TPSA) is 0 Å². The van der Waals surface area contributed by atoms with Gasteiger partial charge in [0, 0.05) is 5.56 Å². The molecule has 1 heteroatoms. The van der Waals surface area contributed by atoms with Gasteiger partial charge in [-0.15, -0.1) is 5.54 Å². The van der Waals surface area contributed by atoms with Crippen molar-refractivity contribution in [2.75, 3.05) is 0 Å². The van der Waals surface area contributed by atoms with Crippen molar-refractivity contribution in [1.82, 2.24) is 0 Å². The van der Waals surface area contributed by atoms with E-state index in [1.807, 2.05) is 0 Å². The van der Waals surface area contributed by atoms with Gasteiger partial charge in [-0.1, -0.05) is 31.6 Å². The van der Waals surface area contributed by atoms with Crippen LogP contribution in [0.5, 0.6) is 0 Å². The Bertz CT molecular complexity index is 439. The smallest absolute Gasteiger partial charge is 0.127 e. The van der Waals surface area contributed by atoms with Crippen LogP contribution in [0.2, 0.25) is 19.6 Å². The lowest BCUT2D eigenvalue weighted by Crippen LogP contribution is -2.16. The molecular formula is C15H22Si. The van der Waals surface area contributed by atoms with Crippen molar-refractivity contribution in [3.05, 3.63) is 33.9 Å². The molecule has 0 aliphatic rings. The Kier molecular flexibility index (Phi) is 3.65.